The third kappa shape index (κ3) is 4.83. The van der Waals surface area contributed by atoms with Crippen LogP contribution in [0.15, 0.2) is 186 Å². The molecule has 3 aromatic heterocycles. The number of fused-ring (bicyclic) bond motifs is 7. The van der Waals surface area contributed by atoms with Crippen molar-refractivity contribution in [2.45, 2.75) is 0 Å². The fraction of sp³-hybridized carbons (Fsp3) is 0. The predicted molar refractivity (Wildman–Crippen MR) is 221 cm³/mol. The first-order valence-electron chi connectivity index (χ1n) is 18.1. The quantitative estimate of drug-likeness (QED) is 0.180. The summed E-state index contributed by atoms with van der Waals surface area (Å²) in [5, 5.41) is 6.82. The Morgan fingerprint density at radius 3 is 1.67 bits per heavy atom. The van der Waals surface area contributed by atoms with Gasteiger partial charge in [0.25, 0.3) is 0 Å². The van der Waals surface area contributed by atoms with E-state index in [2.05, 4.69) is 114 Å². The molecule has 0 radical (unpaired) electrons. The molecule has 0 N–H and O–H groups in total. The summed E-state index contributed by atoms with van der Waals surface area (Å²) >= 11 is 0. The van der Waals surface area contributed by atoms with E-state index >= 15 is 0 Å². The lowest BCUT2D eigenvalue weighted by Gasteiger charge is -2.13. The fourth-order valence-electron chi connectivity index (χ4n) is 7.88. The lowest BCUT2D eigenvalue weighted by atomic mass is 10.0. The molecule has 0 saturated carbocycles. The summed E-state index contributed by atoms with van der Waals surface area (Å²) in [6, 6.07) is 63.4. The zero-order valence-electron chi connectivity index (χ0n) is 29.0. The Hall–Kier alpha value is -7.37. The summed E-state index contributed by atoms with van der Waals surface area (Å²) in [6.07, 6.45) is 0. The summed E-state index contributed by atoms with van der Waals surface area (Å²) in [7, 11) is 0. The molecule has 252 valence electrons. The van der Waals surface area contributed by atoms with Gasteiger partial charge in [0.2, 0.25) is 0 Å². The lowest BCUT2D eigenvalue weighted by molar-refractivity contribution is 0.669. The van der Waals surface area contributed by atoms with Crippen molar-refractivity contribution in [1.29, 1.82) is 0 Å². The van der Waals surface area contributed by atoms with Gasteiger partial charge in [-0.15, -0.1) is 0 Å². The van der Waals surface area contributed by atoms with Gasteiger partial charge in [-0.05, 0) is 58.3 Å². The molecular weight excluding hydrogens is 661 g/mol. The summed E-state index contributed by atoms with van der Waals surface area (Å²) in [5.41, 5.74) is 9.79. The lowest BCUT2D eigenvalue weighted by Crippen LogP contribution is -2.01. The molecule has 0 fully saturated rings. The van der Waals surface area contributed by atoms with Crippen molar-refractivity contribution in [1.82, 2.24) is 19.5 Å². The Morgan fingerprint density at radius 2 is 0.963 bits per heavy atom. The maximum absolute atomic E-state index is 6.84. The largest absolute Gasteiger partial charge is 0.455 e. The van der Waals surface area contributed by atoms with Crippen LogP contribution < -0.4 is 0 Å². The molecule has 0 spiro atoms. The van der Waals surface area contributed by atoms with E-state index in [-0.39, 0.29) is 0 Å². The van der Waals surface area contributed by atoms with Crippen molar-refractivity contribution in [2.24, 2.45) is 0 Å². The van der Waals surface area contributed by atoms with Gasteiger partial charge in [0.15, 0.2) is 17.5 Å². The minimum absolute atomic E-state index is 0.554. The number of hydrogen-bond donors (Lipinski definition) is 0. The number of nitrogens with zero attached hydrogens (tertiary/aromatic N) is 4. The van der Waals surface area contributed by atoms with E-state index in [0.717, 1.165) is 60.9 Å². The van der Waals surface area contributed by atoms with Crippen LogP contribution in [0, 0.1) is 0 Å². The zero-order valence-corrected chi connectivity index (χ0v) is 29.0. The average Bonchev–Trinajstić information content (AvgIpc) is 3.79. The van der Waals surface area contributed by atoms with Gasteiger partial charge >= 0.3 is 0 Å². The van der Waals surface area contributed by atoms with Crippen LogP contribution in [-0.2, 0) is 0 Å². The van der Waals surface area contributed by atoms with E-state index in [9.17, 15) is 0 Å². The van der Waals surface area contributed by atoms with Gasteiger partial charge < -0.3 is 8.98 Å². The van der Waals surface area contributed by atoms with Gasteiger partial charge in [0.05, 0.1) is 27.7 Å². The first kappa shape index (κ1) is 30.3. The normalized spacial score (nSPS) is 11.7. The number of para-hydroxylation sites is 1. The number of benzene rings is 8. The SMILES string of the molecule is c1ccc(-c2ccc3c4cc5ccccc5cc4n(-c4ccc(-c5nc(-c6ccccc6)nc(-c6ccccc6)n5)c5oc6ccccc6c45)c3c2)cc1. The molecule has 0 saturated heterocycles. The molecule has 0 aliphatic rings. The molecule has 0 unspecified atom stereocenters. The van der Waals surface area contributed by atoms with Gasteiger partial charge in [0.1, 0.15) is 11.2 Å². The van der Waals surface area contributed by atoms with Gasteiger partial charge in [-0.25, -0.2) is 15.0 Å². The monoisotopic (exact) mass is 690 g/mol. The minimum Gasteiger partial charge on any atom is -0.455 e. The van der Waals surface area contributed by atoms with Gasteiger partial charge in [-0.1, -0.05) is 146 Å². The van der Waals surface area contributed by atoms with Crippen LogP contribution in [0.4, 0.5) is 0 Å². The highest BCUT2D eigenvalue weighted by Crippen LogP contribution is 2.43. The van der Waals surface area contributed by atoms with E-state index in [4.69, 9.17) is 19.4 Å². The molecular formula is C49H30N4O. The smallest absolute Gasteiger partial charge is 0.167 e. The van der Waals surface area contributed by atoms with Crippen LogP contribution in [0.2, 0.25) is 0 Å². The molecule has 8 aromatic carbocycles. The zero-order chi connectivity index (χ0) is 35.6. The van der Waals surface area contributed by atoms with Gasteiger partial charge in [0, 0.05) is 27.3 Å². The average molecular weight is 691 g/mol. The second-order valence-corrected chi connectivity index (χ2v) is 13.6. The number of aromatic nitrogens is 4. The highest BCUT2D eigenvalue weighted by molar-refractivity contribution is 6.18. The molecule has 5 nitrogen and oxygen atoms in total. The molecule has 3 heterocycles. The summed E-state index contributed by atoms with van der Waals surface area (Å²) in [5.74, 6) is 1.77. The number of rotatable bonds is 5. The van der Waals surface area contributed by atoms with E-state index in [0.29, 0.717) is 17.5 Å². The van der Waals surface area contributed by atoms with Crippen molar-refractivity contribution in [3.63, 3.8) is 0 Å². The fourth-order valence-corrected chi connectivity index (χ4v) is 7.88. The van der Waals surface area contributed by atoms with Crippen molar-refractivity contribution < 1.29 is 4.42 Å². The van der Waals surface area contributed by atoms with Crippen LogP contribution in [0.1, 0.15) is 0 Å². The molecule has 0 amide bonds. The maximum Gasteiger partial charge on any atom is 0.167 e. The minimum atomic E-state index is 0.554. The molecule has 5 heteroatoms. The molecule has 0 atom stereocenters. The van der Waals surface area contributed by atoms with Crippen LogP contribution in [0.3, 0.4) is 0 Å². The van der Waals surface area contributed by atoms with Crippen LogP contribution >= 0.6 is 0 Å². The van der Waals surface area contributed by atoms with Gasteiger partial charge in [-0.3, -0.25) is 0 Å². The molecule has 11 aromatic rings. The van der Waals surface area contributed by atoms with E-state index in [1.165, 1.54) is 27.1 Å². The van der Waals surface area contributed by atoms with E-state index in [1.807, 2.05) is 72.8 Å². The van der Waals surface area contributed by atoms with Gasteiger partial charge in [-0.2, -0.15) is 0 Å². The molecule has 0 aliphatic carbocycles. The Morgan fingerprint density at radius 1 is 0.389 bits per heavy atom. The summed E-state index contributed by atoms with van der Waals surface area (Å²) < 4.78 is 9.25. The molecule has 11 rings (SSSR count). The third-order valence-electron chi connectivity index (χ3n) is 10.4. The van der Waals surface area contributed by atoms with E-state index < -0.39 is 0 Å². The molecule has 0 bridgehead atoms. The Kier molecular flexibility index (Phi) is 6.79. The van der Waals surface area contributed by atoms with Crippen molar-refractivity contribution in [2.75, 3.05) is 0 Å². The van der Waals surface area contributed by atoms with Crippen molar-refractivity contribution in [3.05, 3.63) is 182 Å². The van der Waals surface area contributed by atoms with E-state index in [1.54, 1.807) is 0 Å². The van der Waals surface area contributed by atoms with Crippen molar-refractivity contribution >= 4 is 54.5 Å². The van der Waals surface area contributed by atoms with Crippen LogP contribution in [0.25, 0.3) is 105 Å². The highest BCUT2D eigenvalue weighted by atomic mass is 16.3. The third-order valence-corrected chi connectivity index (χ3v) is 10.4. The summed E-state index contributed by atoms with van der Waals surface area (Å²) in [6.45, 7) is 0. The second-order valence-electron chi connectivity index (χ2n) is 13.6. The summed E-state index contributed by atoms with van der Waals surface area (Å²) in [4.78, 5) is 15.2. The topological polar surface area (TPSA) is 56.7 Å². The number of furan rings is 1. The molecule has 0 aliphatic heterocycles. The number of hydrogen-bond acceptors (Lipinski definition) is 4. The Labute approximate surface area is 310 Å². The standard InChI is InChI=1S/C49H30N4O/c1-4-14-31(15-5-1)36-24-25-37-40-28-34-20-10-11-21-35(34)29-43(40)53(42(37)30-36)41-27-26-39(46-45(41)38-22-12-13-23-44(38)54-46)49-51-47(32-16-6-2-7-17-32)50-48(52-49)33-18-8-3-9-19-33/h1-30H. The first-order chi connectivity index (χ1) is 26.8. The Bertz CT molecular complexity index is 3140. The maximum atomic E-state index is 6.84. The Balaban J connectivity index is 1.23. The highest BCUT2D eigenvalue weighted by Gasteiger charge is 2.23. The second kappa shape index (κ2) is 12.1. The van der Waals surface area contributed by atoms with Crippen LogP contribution in [0.5, 0.6) is 0 Å². The van der Waals surface area contributed by atoms with Crippen LogP contribution in [-0.4, -0.2) is 19.5 Å². The predicted octanol–water partition coefficient (Wildman–Crippen LogP) is 12.7. The molecule has 54 heavy (non-hydrogen) atoms. The van der Waals surface area contributed by atoms with Crippen molar-refractivity contribution in [3.8, 4) is 51.0 Å². The first-order valence-corrected chi connectivity index (χ1v) is 18.1.